The summed E-state index contributed by atoms with van der Waals surface area (Å²) in [5.41, 5.74) is 8.69. The van der Waals surface area contributed by atoms with E-state index < -0.39 is 16.8 Å². The summed E-state index contributed by atoms with van der Waals surface area (Å²) in [7, 11) is 10.00. The number of hydrogen-bond acceptors (Lipinski definition) is 14. The lowest BCUT2D eigenvalue weighted by Crippen LogP contribution is -2.35. The molecule has 1 aliphatic rings. The molecule has 0 unspecified atom stereocenters. The second-order valence-corrected chi connectivity index (χ2v) is 23.6. The maximum atomic E-state index is 7.67. The summed E-state index contributed by atoms with van der Waals surface area (Å²) in [6.07, 6.45) is 4.03. The second kappa shape index (κ2) is 29.4. The molecule has 97 heavy (non-hydrogen) atoms. The summed E-state index contributed by atoms with van der Waals surface area (Å²) < 4.78 is 72.1. The third kappa shape index (κ3) is 13.2. The van der Waals surface area contributed by atoms with Gasteiger partial charge in [-0.15, -0.1) is 0 Å². The molecule has 0 spiro atoms. The van der Waals surface area contributed by atoms with Gasteiger partial charge in [-0.05, 0) is 158 Å². The molecule has 0 amide bonds. The summed E-state index contributed by atoms with van der Waals surface area (Å²) in [4.78, 5) is 14.3. The first kappa shape index (κ1) is 64.9. The van der Waals surface area contributed by atoms with Crippen LogP contribution in [-0.4, -0.2) is 74.9 Å². The zero-order valence-electron chi connectivity index (χ0n) is 55.1. The van der Waals surface area contributed by atoms with Gasteiger partial charge < -0.3 is 52.1 Å². The number of methoxy groups -OCH3 is 6. The van der Waals surface area contributed by atoms with Crippen LogP contribution < -0.4 is 33.2 Å². The Hall–Kier alpha value is -10.8. The standard InChI is InChI=1S/C82H76N4O11/c1-87-69-36-24-63(25-37-69)80(60-16-10-7-11-17-60,64-26-38-70(88-2)39-27-64)94-52-58-23-22-57(50-59(58)53-95-81(61-18-12-8-13-19-61,65-28-40-71(89-3)41-29-65)66-30-42-72(90-4)43-31-66)51-93-79-77-78(83-55-84-79)86(56-85-77)76-49-48-75(97-76)54-96-82(62-20-14-9-15-21-62,67-32-44-73(91-5)45-33-67)68-34-46-74(92-6)47-35-68/h7-47,50,55-56,75-76H,48-49,51-54H2,1-6H3/t75-,76-/m1/s1. The number of fused-ring (bicyclic) bond motifs is 1. The first-order valence-corrected chi connectivity index (χ1v) is 32.2. The molecule has 0 saturated carbocycles. The van der Waals surface area contributed by atoms with E-state index in [1.807, 2.05) is 132 Å². The predicted octanol–water partition coefficient (Wildman–Crippen LogP) is 16.2. The van der Waals surface area contributed by atoms with E-state index in [1.165, 1.54) is 6.33 Å². The summed E-state index contributed by atoms with van der Waals surface area (Å²) in [5, 5.41) is 0. The van der Waals surface area contributed by atoms with Crippen LogP contribution in [-0.2, 0) is 55.6 Å². The van der Waals surface area contributed by atoms with Gasteiger partial charge in [-0.3, -0.25) is 4.57 Å². The average Bonchev–Trinajstić information content (AvgIpc) is 1.42. The topological polar surface area (TPSA) is 145 Å². The molecule has 15 heteroatoms. The van der Waals surface area contributed by atoms with Crippen LogP contribution in [0, 0.1) is 0 Å². The van der Waals surface area contributed by atoms with Gasteiger partial charge in [0, 0.05) is 0 Å². The zero-order valence-corrected chi connectivity index (χ0v) is 55.1. The molecule has 490 valence electrons. The van der Waals surface area contributed by atoms with Gasteiger partial charge in [-0.25, -0.2) is 9.97 Å². The number of benzene rings is 10. The summed E-state index contributed by atoms with van der Waals surface area (Å²) in [5.74, 6) is 4.70. The third-order valence-corrected chi connectivity index (χ3v) is 18.3. The molecule has 2 aromatic heterocycles. The van der Waals surface area contributed by atoms with Crippen molar-refractivity contribution in [1.29, 1.82) is 0 Å². The summed E-state index contributed by atoms with van der Waals surface area (Å²) in [6.45, 7) is 0.682. The van der Waals surface area contributed by atoms with Gasteiger partial charge in [0.1, 0.15) is 70.5 Å². The lowest BCUT2D eigenvalue weighted by atomic mass is 9.79. The van der Waals surface area contributed by atoms with Crippen molar-refractivity contribution in [2.45, 2.75) is 61.8 Å². The molecular formula is C82H76N4O11. The lowest BCUT2D eigenvalue weighted by molar-refractivity contribution is -0.0756. The molecule has 2 atom stereocenters. The minimum atomic E-state index is -1.15. The smallest absolute Gasteiger partial charge is 0.245 e. The van der Waals surface area contributed by atoms with Gasteiger partial charge in [-0.2, -0.15) is 4.98 Å². The first-order valence-electron chi connectivity index (χ1n) is 32.2. The normalized spacial score (nSPS) is 14.0. The lowest BCUT2D eigenvalue weighted by Gasteiger charge is -2.37. The Morgan fingerprint density at radius 3 is 1.11 bits per heavy atom. The Kier molecular flexibility index (Phi) is 19.7. The molecule has 13 rings (SSSR count). The van der Waals surface area contributed by atoms with E-state index >= 15 is 0 Å². The minimum Gasteiger partial charge on any atom is -0.497 e. The third-order valence-electron chi connectivity index (χ3n) is 18.3. The first-order chi connectivity index (χ1) is 47.7. The Morgan fingerprint density at radius 2 is 0.732 bits per heavy atom. The van der Waals surface area contributed by atoms with Crippen LogP contribution in [0.1, 0.15) is 85.8 Å². The largest absolute Gasteiger partial charge is 0.497 e. The maximum Gasteiger partial charge on any atom is 0.245 e. The van der Waals surface area contributed by atoms with Crippen LogP contribution in [0.5, 0.6) is 40.4 Å². The van der Waals surface area contributed by atoms with E-state index in [0.29, 0.717) is 23.5 Å². The second-order valence-electron chi connectivity index (χ2n) is 23.6. The molecule has 10 aromatic carbocycles. The van der Waals surface area contributed by atoms with E-state index in [9.17, 15) is 0 Å². The Labute approximate surface area is 565 Å². The average molecular weight is 1290 g/mol. The molecular weight excluding hydrogens is 1220 g/mol. The predicted molar refractivity (Wildman–Crippen MR) is 372 cm³/mol. The number of aromatic nitrogens is 4. The molecule has 1 saturated heterocycles. The Balaban J connectivity index is 0.829. The van der Waals surface area contributed by atoms with E-state index in [0.717, 1.165) is 108 Å². The van der Waals surface area contributed by atoms with Crippen molar-refractivity contribution in [2.75, 3.05) is 49.3 Å². The zero-order chi connectivity index (χ0) is 66.6. The van der Waals surface area contributed by atoms with Crippen molar-refractivity contribution >= 4 is 11.2 Å². The van der Waals surface area contributed by atoms with E-state index in [-0.39, 0.29) is 38.8 Å². The van der Waals surface area contributed by atoms with Gasteiger partial charge >= 0.3 is 0 Å². The van der Waals surface area contributed by atoms with Crippen LogP contribution in [0.25, 0.3) is 11.2 Å². The number of imidazole rings is 1. The van der Waals surface area contributed by atoms with Crippen molar-refractivity contribution in [3.05, 3.63) is 334 Å². The van der Waals surface area contributed by atoms with E-state index in [2.05, 4.69) is 132 Å². The van der Waals surface area contributed by atoms with Crippen LogP contribution in [0.2, 0.25) is 0 Å². The van der Waals surface area contributed by atoms with Gasteiger partial charge in [0.15, 0.2) is 11.2 Å². The molecule has 3 heterocycles. The fraction of sp³-hybridized carbons (Fsp3) is 0.207. The maximum absolute atomic E-state index is 7.67. The molecule has 15 nitrogen and oxygen atoms in total. The Bertz CT molecular complexity index is 4360. The van der Waals surface area contributed by atoms with Crippen molar-refractivity contribution in [3.63, 3.8) is 0 Å². The molecule has 0 radical (unpaired) electrons. The Morgan fingerprint density at radius 1 is 0.371 bits per heavy atom. The highest BCUT2D eigenvalue weighted by Crippen LogP contribution is 2.47. The van der Waals surface area contributed by atoms with Crippen LogP contribution in [0.3, 0.4) is 0 Å². The van der Waals surface area contributed by atoms with E-state index in [1.54, 1.807) is 49.0 Å². The summed E-state index contributed by atoms with van der Waals surface area (Å²) in [6, 6.07) is 85.4. The van der Waals surface area contributed by atoms with Crippen molar-refractivity contribution in [1.82, 2.24) is 19.5 Å². The molecule has 0 bridgehead atoms. The molecule has 0 aliphatic carbocycles. The van der Waals surface area contributed by atoms with Crippen LogP contribution in [0.15, 0.2) is 267 Å². The van der Waals surface area contributed by atoms with Gasteiger partial charge in [0.25, 0.3) is 0 Å². The highest BCUT2D eigenvalue weighted by molar-refractivity contribution is 5.76. The fourth-order valence-corrected chi connectivity index (χ4v) is 13.2. The van der Waals surface area contributed by atoms with Crippen LogP contribution in [0.4, 0.5) is 0 Å². The molecule has 12 aromatic rings. The fourth-order valence-electron chi connectivity index (χ4n) is 13.2. The number of ether oxygens (including phenoxy) is 11. The molecule has 1 fully saturated rings. The monoisotopic (exact) mass is 1290 g/mol. The molecule has 0 N–H and O–H groups in total. The van der Waals surface area contributed by atoms with Crippen molar-refractivity contribution in [3.8, 4) is 40.4 Å². The number of hydrogen-bond donors (Lipinski definition) is 0. The van der Waals surface area contributed by atoms with Crippen molar-refractivity contribution < 1.29 is 52.1 Å². The highest BCUT2D eigenvalue weighted by Gasteiger charge is 2.42. The molecule has 1 aliphatic heterocycles. The van der Waals surface area contributed by atoms with Gasteiger partial charge in [-0.1, -0.05) is 176 Å². The van der Waals surface area contributed by atoms with Crippen molar-refractivity contribution in [2.24, 2.45) is 0 Å². The van der Waals surface area contributed by atoms with Crippen LogP contribution >= 0.6 is 0 Å². The SMILES string of the molecule is COc1ccc(C(OCc2ccc(COc3ncnc4c3ncn4[C@H]3CC[C@H](COC(c4ccccc4)(c4ccc(OC)cc4)c4ccc(OC)cc4)O3)cc2COC(c2ccccc2)(c2ccc(OC)cc2)c2ccc(OC)cc2)(c2ccccc2)c2ccc(OC)cc2)cc1. The van der Waals surface area contributed by atoms with E-state index in [4.69, 9.17) is 62.1 Å². The number of nitrogens with zero attached hydrogens (tertiary/aromatic N) is 4. The van der Waals surface area contributed by atoms with Gasteiger partial charge in [0.2, 0.25) is 5.88 Å². The number of rotatable bonds is 28. The minimum absolute atomic E-state index is 0.120. The highest BCUT2D eigenvalue weighted by atomic mass is 16.6. The summed E-state index contributed by atoms with van der Waals surface area (Å²) >= 11 is 0. The van der Waals surface area contributed by atoms with Gasteiger partial charge in [0.05, 0.1) is 74.9 Å². The quantitative estimate of drug-likeness (QED) is 0.0429.